The number of carboxylic acid groups (broad SMARTS) is 1. The summed E-state index contributed by atoms with van der Waals surface area (Å²) in [5, 5.41) is 11.8. The number of carbonyl (C=O) groups is 3. The van der Waals surface area contributed by atoms with E-state index in [2.05, 4.69) is 48.2 Å². The molecule has 0 amide bonds. The summed E-state index contributed by atoms with van der Waals surface area (Å²) in [4.78, 5) is 44.0. The quantitative estimate of drug-likeness (QED) is 0.0992. The molecule has 0 saturated heterocycles. The number of carboxylic acids is 1. The van der Waals surface area contributed by atoms with E-state index in [1.165, 1.54) is 11.8 Å². The molecule has 256 valence electrons. The maximum absolute atomic E-state index is 11.1. The summed E-state index contributed by atoms with van der Waals surface area (Å²) in [6, 6.07) is 0. The molecular formula is C28H46BrClN6O6S3. The predicted octanol–water partition coefficient (Wildman–Crippen LogP) is 5.84. The van der Waals surface area contributed by atoms with Gasteiger partial charge in [0.2, 0.25) is 0 Å². The molecular weight excluding hydrogens is 728 g/mol. The second kappa shape index (κ2) is 26.0. The third-order valence-electron chi connectivity index (χ3n) is 5.59. The van der Waals surface area contributed by atoms with Gasteiger partial charge in [0, 0.05) is 55.1 Å². The number of nitrogens with zero attached hydrogens (tertiary/aromatic N) is 6. The third-order valence-corrected chi connectivity index (χ3v) is 8.59. The topological polar surface area (TPSA) is 143 Å². The van der Waals surface area contributed by atoms with Gasteiger partial charge >= 0.3 is 17.9 Å². The first-order valence-electron chi connectivity index (χ1n) is 13.8. The number of aryl methyl sites for hydroxylation is 3. The van der Waals surface area contributed by atoms with Crippen LogP contribution >= 0.6 is 64.5 Å². The number of thiol groups is 1. The van der Waals surface area contributed by atoms with Crippen LogP contribution in [0.2, 0.25) is 0 Å². The van der Waals surface area contributed by atoms with Crippen molar-refractivity contribution in [2.24, 2.45) is 21.1 Å². The molecule has 0 bridgehead atoms. The smallest absolute Gasteiger partial charge is 0.306 e. The minimum atomic E-state index is -0.763. The Hall–Kier alpha value is -2.14. The SMILES string of the molecule is CCOC(=O)CCBr.CCOC(=O)CCSc1ncn(C)c1C.Cc1c(S)ncn1C.Cc1c(SCCC(=O)O)ncn1C.Cl. The Labute approximate surface area is 294 Å². The van der Waals surface area contributed by atoms with E-state index in [1.807, 2.05) is 62.5 Å². The Bertz CT molecular complexity index is 1260. The summed E-state index contributed by atoms with van der Waals surface area (Å²) in [6.45, 7) is 10.5. The van der Waals surface area contributed by atoms with E-state index < -0.39 is 5.97 Å². The normalized spacial score (nSPS) is 9.73. The lowest BCUT2D eigenvalue weighted by Gasteiger charge is -2.01. The van der Waals surface area contributed by atoms with Crippen LogP contribution in [0.15, 0.2) is 34.1 Å². The van der Waals surface area contributed by atoms with Crippen LogP contribution in [0.3, 0.4) is 0 Å². The lowest BCUT2D eigenvalue weighted by molar-refractivity contribution is -0.143. The summed E-state index contributed by atoms with van der Waals surface area (Å²) in [5.41, 5.74) is 3.31. The molecule has 3 rings (SSSR count). The van der Waals surface area contributed by atoms with Gasteiger partial charge in [0.1, 0.15) is 15.1 Å². The second-order valence-corrected chi connectivity index (χ2v) is 12.3. The highest BCUT2D eigenvalue weighted by Gasteiger charge is 2.07. The maximum Gasteiger partial charge on any atom is 0.306 e. The average Bonchev–Trinajstić information content (AvgIpc) is 3.57. The van der Waals surface area contributed by atoms with E-state index in [0.717, 1.165) is 37.9 Å². The summed E-state index contributed by atoms with van der Waals surface area (Å²) in [6.07, 6.45) is 6.35. The Balaban J connectivity index is 0. The molecule has 17 heteroatoms. The van der Waals surface area contributed by atoms with Crippen molar-refractivity contribution in [1.29, 1.82) is 0 Å². The number of alkyl halides is 1. The van der Waals surface area contributed by atoms with Crippen molar-refractivity contribution in [3.05, 3.63) is 36.1 Å². The number of hydrogen-bond acceptors (Lipinski definition) is 11. The summed E-state index contributed by atoms with van der Waals surface area (Å²) in [5.74, 6) is 0.258. The van der Waals surface area contributed by atoms with E-state index in [-0.39, 0.29) is 30.8 Å². The number of thioether (sulfide) groups is 2. The molecule has 3 aromatic rings. The zero-order valence-corrected chi connectivity index (χ0v) is 32.0. The number of rotatable bonds is 12. The van der Waals surface area contributed by atoms with Gasteiger partial charge in [-0.05, 0) is 34.6 Å². The summed E-state index contributed by atoms with van der Waals surface area (Å²) >= 11 is 10.3. The first kappa shape index (κ1) is 45.0. The molecule has 0 aliphatic heterocycles. The fourth-order valence-corrected chi connectivity index (χ4v) is 5.13. The van der Waals surface area contributed by atoms with E-state index in [9.17, 15) is 14.4 Å². The van der Waals surface area contributed by atoms with Crippen molar-refractivity contribution >= 4 is 82.4 Å². The molecule has 0 atom stereocenters. The minimum absolute atomic E-state index is 0. The molecule has 3 aromatic heterocycles. The molecule has 0 aliphatic carbocycles. The van der Waals surface area contributed by atoms with Crippen molar-refractivity contribution in [1.82, 2.24) is 28.7 Å². The number of esters is 2. The molecule has 3 heterocycles. The summed E-state index contributed by atoms with van der Waals surface area (Å²) < 4.78 is 15.3. The fourth-order valence-electron chi connectivity index (χ4n) is 2.71. The van der Waals surface area contributed by atoms with Crippen LogP contribution in [-0.4, -0.2) is 81.7 Å². The van der Waals surface area contributed by atoms with E-state index >= 15 is 0 Å². The van der Waals surface area contributed by atoms with Gasteiger partial charge in [-0.3, -0.25) is 14.4 Å². The van der Waals surface area contributed by atoms with Crippen LogP contribution in [0, 0.1) is 20.8 Å². The Morgan fingerprint density at radius 3 is 1.47 bits per heavy atom. The van der Waals surface area contributed by atoms with Crippen molar-refractivity contribution in [2.45, 2.75) is 69.0 Å². The fraction of sp³-hybridized carbons (Fsp3) is 0.571. The van der Waals surface area contributed by atoms with Crippen molar-refractivity contribution in [2.75, 3.05) is 30.0 Å². The van der Waals surface area contributed by atoms with Gasteiger partial charge < -0.3 is 28.3 Å². The molecule has 0 unspecified atom stereocenters. The number of aliphatic carboxylic acids is 1. The summed E-state index contributed by atoms with van der Waals surface area (Å²) in [7, 11) is 5.82. The van der Waals surface area contributed by atoms with Crippen molar-refractivity contribution in [3.8, 4) is 0 Å². The molecule has 45 heavy (non-hydrogen) atoms. The Morgan fingerprint density at radius 1 is 0.778 bits per heavy atom. The molecule has 1 N–H and O–H groups in total. The van der Waals surface area contributed by atoms with E-state index in [4.69, 9.17) is 9.84 Å². The number of imidazole rings is 3. The number of hydrogen-bond donors (Lipinski definition) is 2. The van der Waals surface area contributed by atoms with E-state index in [1.54, 1.807) is 37.7 Å². The van der Waals surface area contributed by atoms with Crippen molar-refractivity contribution < 1.29 is 29.0 Å². The lowest BCUT2D eigenvalue weighted by atomic mass is 10.5. The van der Waals surface area contributed by atoms with Crippen LogP contribution in [0.1, 0.15) is 50.2 Å². The molecule has 0 spiro atoms. The monoisotopic (exact) mass is 772 g/mol. The van der Waals surface area contributed by atoms with Crippen LogP contribution in [0.4, 0.5) is 0 Å². The molecule has 0 aromatic carbocycles. The Morgan fingerprint density at radius 2 is 1.18 bits per heavy atom. The van der Waals surface area contributed by atoms with Gasteiger partial charge in [0.25, 0.3) is 0 Å². The molecule has 0 aliphatic rings. The average molecular weight is 774 g/mol. The minimum Gasteiger partial charge on any atom is -0.481 e. The van der Waals surface area contributed by atoms with Gasteiger partial charge in [-0.1, -0.05) is 15.9 Å². The van der Waals surface area contributed by atoms with Crippen LogP contribution in [0.5, 0.6) is 0 Å². The highest BCUT2D eigenvalue weighted by Crippen LogP contribution is 2.21. The zero-order chi connectivity index (χ0) is 33.7. The van der Waals surface area contributed by atoms with Gasteiger partial charge in [-0.15, -0.1) is 48.6 Å². The van der Waals surface area contributed by atoms with Gasteiger partial charge in [0.15, 0.2) is 0 Å². The van der Waals surface area contributed by atoms with Gasteiger partial charge in [-0.2, -0.15) is 0 Å². The predicted molar refractivity (Wildman–Crippen MR) is 188 cm³/mol. The lowest BCUT2D eigenvalue weighted by Crippen LogP contribution is -2.04. The zero-order valence-electron chi connectivity index (χ0n) is 27.1. The Kier molecular flexibility index (Phi) is 26.0. The number of ether oxygens (including phenoxy) is 2. The highest BCUT2D eigenvalue weighted by molar-refractivity contribution is 9.09. The van der Waals surface area contributed by atoms with Crippen LogP contribution < -0.4 is 0 Å². The maximum atomic E-state index is 11.1. The number of halogens is 2. The van der Waals surface area contributed by atoms with Gasteiger partial charge in [-0.25, -0.2) is 15.0 Å². The number of aromatic nitrogens is 6. The largest absolute Gasteiger partial charge is 0.481 e. The standard InChI is InChI=1S/C10H16N2O2S.C8H12N2O2S.C5H9BrO2.C5H8N2S.ClH/c1-4-14-9(13)5-6-15-10-8(2)12(3)7-11-10;1-6-8(9-5-10(6)2)13-4-3-7(11)12;1-2-8-5(7)3-4-6;1-4-5(8)6-3-7(4)2;/h7H,4-6H2,1-3H3;5H,3-4H2,1-2H3,(H,11,12);2-4H2,1H3;3,8H,1-2H3;1H. The first-order chi connectivity index (χ1) is 20.8. The third kappa shape index (κ3) is 19.9. The second-order valence-electron chi connectivity index (χ2n) is 8.90. The van der Waals surface area contributed by atoms with E-state index in [0.29, 0.717) is 37.1 Å². The molecule has 0 fully saturated rings. The van der Waals surface area contributed by atoms with Crippen LogP contribution in [-0.2, 0) is 45.0 Å². The number of carbonyl (C=O) groups excluding carboxylic acids is 2. The van der Waals surface area contributed by atoms with Crippen molar-refractivity contribution in [3.63, 3.8) is 0 Å². The molecule has 0 saturated carbocycles. The molecule has 0 radical (unpaired) electrons. The first-order valence-corrected chi connectivity index (χ1v) is 17.3. The van der Waals surface area contributed by atoms with Crippen LogP contribution in [0.25, 0.3) is 0 Å². The van der Waals surface area contributed by atoms with Gasteiger partial charge in [0.05, 0.1) is 51.5 Å². The highest BCUT2D eigenvalue weighted by atomic mass is 79.9. The molecule has 12 nitrogen and oxygen atoms in total.